The summed E-state index contributed by atoms with van der Waals surface area (Å²) in [6, 6.07) is 4.24. The summed E-state index contributed by atoms with van der Waals surface area (Å²) in [5, 5.41) is 2.53. The Morgan fingerprint density at radius 1 is 1.53 bits per heavy atom. The van der Waals surface area contributed by atoms with Crippen molar-refractivity contribution in [2.24, 2.45) is 17.3 Å². The highest BCUT2D eigenvalue weighted by Crippen LogP contribution is 2.45. The largest absolute Gasteiger partial charge is 0.287 e. The Morgan fingerprint density at radius 3 is 2.95 bits per heavy atom. The number of carbonyl (C=O) groups is 1. The number of thiophene rings is 1. The van der Waals surface area contributed by atoms with E-state index in [2.05, 4.69) is 38.3 Å². The van der Waals surface area contributed by atoms with Gasteiger partial charge in [0.05, 0.1) is 0 Å². The summed E-state index contributed by atoms with van der Waals surface area (Å²) in [6.07, 6.45) is 4.71. The molecular formula is C16H24OS2. The normalized spacial score (nSPS) is 26.3. The van der Waals surface area contributed by atoms with Gasteiger partial charge in [0, 0.05) is 16.5 Å². The summed E-state index contributed by atoms with van der Waals surface area (Å²) < 4.78 is 0. The molecule has 1 aliphatic rings. The summed E-state index contributed by atoms with van der Waals surface area (Å²) in [6.45, 7) is 6.79. The monoisotopic (exact) mass is 296 g/mol. The van der Waals surface area contributed by atoms with Crippen molar-refractivity contribution in [3.05, 3.63) is 22.4 Å². The summed E-state index contributed by atoms with van der Waals surface area (Å²) in [5.41, 5.74) is 0.185. The van der Waals surface area contributed by atoms with Gasteiger partial charge in [-0.1, -0.05) is 45.0 Å². The van der Waals surface area contributed by atoms with Crippen molar-refractivity contribution >= 4 is 28.2 Å². The van der Waals surface area contributed by atoms with Crippen LogP contribution in [0.15, 0.2) is 17.5 Å². The van der Waals surface area contributed by atoms with Crippen LogP contribution in [0.25, 0.3) is 0 Å². The highest BCUT2D eigenvalue weighted by molar-refractivity contribution is 8.13. The predicted octanol–water partition coefficient (Wildman–Crippen LogP) is 5.01. The molecule has 1 fully saturated rings. The quantitative estimate of drug-likeness (QED) is 0.776. The first-order valence-corrected chi connectivity index (χ1v) is 9.06. The topological polar surface area (TPSA) is 17.1 Å². The number of hydrogen-bond donors (Lipinski definition) is 0. The van der Waals surface area contributed by atoms with Gasteiger partial charge in [0.15, 0.2) is 5.12 Å². The molecule has 1 saturated carbocycles. The minimum Gasteiger partial charge on any atom is -0.287 e. The third-order valence-corrected chi connectivity index (χ3v) is 6.20. The van der Waals surface area contributed by atoms with E-state index in [1.54, 1.807) is 23.1 Å². The number of carbonyl (C=O) groups excluding carboxylic acids is 1. The zero-order valence-electron chi connectivity index (χ0n) is 12.1. The molecule has 1 aliphatic carbocycles. The predicted molar refractivity (Wildman–Crippen MR) is 85.8 cm³/mol. The molecule has 0 radical (unpaired) electrons. The van der Waals surface area contributed by atoms with E-state index in [-0.39, 0.29) is 11.3 Å². The van der Waals surface area contributed by atoms with Gasteiger partial charge in [-0.05, 0) is 42.0 Å². The van der Waals surface area contributed by atoms with Crippen molar-refractivity contribution < 1.29 is 4.79 Å². The lowest BCUT2D eigenvalue weighted by atomic mass is 9.65. The molecule has 0 aromatic carbocycles. The van der Waals surface area contributed by atoms with E-state index in [1.807, 2.05) is 0 Å². The number of aryl methyl sites for hydroxylation is 1. The van der Waals surface area contributed by atoms with Crippen LogP contribution in [0.2, 0.25) is 0 Å². The van der Waals surface area contributed by atoms with Crippen LogP contribution in [-0.2, 0) is 11.2 Å². The molecule has 0 bridgehead atoms. The average Bonchev–Trinajstić information content (AvgIpc) is 2.80. The molecule has 1 aromatic rings. The third kappa shape index (κ3) is 3.85. The first-order valence-electron chi connectivity index (χ1n) is 7.20. The molecule has 1 aromatic heterocycles. The number of hydrogen-bond acceptors (Lipinski definition) is 3. The van der Waals surface area contributed by atoms with Crippen molar-refractivity contribution in [3.8, 4) is 0 Å². The highest BCUT2D eigenvalue weighted by atomic mass is 32.2. The van der Waals surface area contributed by atoms with Crippen LogP contribution in [0, 0.1) is 17.3 Å². The molecular weight excluding hydrogens is 272 g/mol. The van der Waals surface area contributed by atoms with Gasteiger partial charge < -0.3 is 0 Å². The van der Waals surface area contributed by atoms with E-state index < -0.39 is 0 Å². The van der Waals surface area contributed by atoms with Crippen molar-refractivity contribution in [3.63, 3.8) is 0 Å². The Bertz CT molecular complexity index is 408. The molecule has 0 saturated heterocycles. The van der Waals surface area contributed by atoms with E-state index in [1.165, 1.54) is 24.1 Å². The van der Waals surface area contributed by atoms with Gasteiger partial charge in [0.25, 0.3) is 0 Å². The number of thioether (sulfide) groups is 1. The summed E-state index contributed by atoms with van der Waals surface area (Å²) in [5.74, 6) is 1.72. The molecule has 2 rings (SSSR count). The van der Waals surface area contributed by atoms with Gasteiger partial charge in [-0.25, -0.2) is 0 Å². The van der Waals surface area contributed by atoms with Crippen LogP contribution in [0.4, 0.5) is 0 Å². The van der Waals surface area contributed by atoms with Crippen LogP contribution in [0.5, 0.6) is 0 Å². The maximum atomic E-state index is 12.5. The van der Waals surface area contributed by atoms with Crippen LogP contribution in [0.1, 0.15) is 44.9 Å². The lowest BCUT2D eigenvalue weighted by Gasteiger charge is -2.41. The van der Waals surface area contributed by atoms with Crippen LogP contribution in [0.3, 0.4) is 0 Å². The molecule has 1 nitrogen and oxygen atoms in total. The SMILES string of the molecule is CC1CCCC(C)(C)C1C(=O)SCCc1cccs1. The molecule has 2 unspecified atom stereocenters. The molecule has 19 heavy (non-hydrogen) atoms. The molecule has 0 amide bonds. The lowest BCUT2D eigenvalue weighted by Crippen LogP contribution is -2.38. The van der Waals surface area contributed by atoms with Crippen LogP contribution in [-0.4, -0.2) is 10.9 Å². The van der Waals surface area contributed by atoms with Gasteiger partial charge in [-0.15, -0.1) is 11.3 Å². The molecule has 0 N–H and O–H groups in total. The van der Waals surface area contributed by atoms with Crippen molar-refractivity contribution in [2.45, 2.75) is 46.5 Å². The maximum absolute atomic E-state index is 12.5. The van der Waals surface area contributed by atoms with Gasteiger partial charge in [0.1, 0.15) is 0 Å². The minimum absolute atomic E-state index is 0.185. The molecule has 0 aliphatic heterocycles. The number of rotatable bonds is 4. The van der Waals surface area contributed by atoms with E-state index in [9.17, 15) is 4.79 Å². The van der Waals surface area contributed by atoms with E-state index in [4.69, 9.17) is 0 Å². The van der Waals surface area contributed by atoms with Crippen LogP contribution < -0.4 is 0 Å². The Hall–Kier alpha value is -0.280. The molecule has 1 heterocycles. The van der Waals surface area contributed by atoms with Gasteiger partial charge in [0.2, 0.25) is 0 Å². The van der Waals surface area contributed by atoms with E-state index in [0.29, 0.717) is 11.0 Å². The van der Waals surface area contributed by atoms with Crippen LogP contribution >= 0.6 is 23.1 Å². The summed E-state index contributed by atoms with van der Waals surface area (Å²) >= 11 is 3.34. The third-order valence-electron chi connectivity index (χ3n) is 4.32. The second-order valence-electron chi connectivity index (χ2n) is 6.33. The second-order valence-corrected chi connectivity index (χ2v) is 8.46. The van der Waals surface area contributed by atoms with E-state index in [0.717, 1.165) is 12.2 Å². The lowest BCUT2D eigenvalue weighted by molar-refractivity contribution is -0.121. The fourth-order valence-electron chi connectivity index (χ4n) is 3.32. The van der Waals surface area contributed by atoms with Gasteiger partial charge in [-0.3, -0.25) is 4.79 Å². The van der Waals surface area contributed by atoms with Gasteiger partial charge in [-0.2, -0.15) is 0 Å². The standard InChI is InChI=1S/C16H24OS2/c1-12-6-4-9-16(2,3)14(12)15(17)19-11-8-13-7-5-10-18-13/h5,7,10,12,14H,4,6,8-9,11H2,1-3H3. The Balaban J connectivity index is 1.87. The zero-order valence-corrected chi connectivity index (χ0v) is 13.8. The maximum Gasteiger partial charge on any atom is 0.192 e. The van der Waals surface area contributed by atoms with E-state index >= 15 is 0 Å². The Labute approximate surface area is 125 Å². The summed E-state index contributed by atoms with van der Waals surface area (Å²) in [4.78, 5) is 13.9. The second kappa shape index (κ2) is 6.45. The smallest absolute Gasteiger partial charge is 0.192 e. The zero-order chi connectivity index (χ0) is 13.9. The molecule has 2 atom stereocenters. The van der Waals surface area contributed by atoms with Crippen molar-refractivity contribution in [2.75, 3.05) is 5.75 Å². The fraction of sp³-hybridized carbons (Fsp3) is 0.688. The average molecular weight is 297 g/mol. The molecule has 0 spiro atoms. The molecule has 106 valence electrons. The minimum atomic E-state index is 0.185. The molecule has 3 heteroatoms. The Kier molecular flexibility index (Phi) is 5.13. The summed E-state index contributed by atoms with van der Waals surface area (Å²) in [7, 11) is 0. The van der Waals surface area contributed by atoms with Crippen molar-refractivity contribution in [1.29, 1.82) is 0 Å². The first-order chi connectivity index (χ1) is 9.00. The fourth-order valence-corrected chi connectivity index (χ4v) is 5.41. The van der Waals surface area contributed by atoms with Crippen molar-refractivity contribution in [1.82, 2.24) is 0 Å². The van der Waals surface area contributed by atoms with Gasteiger partial charge >= 0.3 is 0 Å². The highest BCUT2D eigenvalue weighted by Gasteiger charge is 2.41. The Morgan fingerprint density at radius 2 is 2.32 bits per heavy atom. The first kappa shape index (κ1) is 15.1.